The monoisotopic (exact) mass is 383 g/mol. The fraction of sp³-hybridized carbons (Fsp3) is 0.500. The van der Waals surface area contributed by atoms with Crippen molar-refractivity contribution in [1.82, 2.24) is 24.6 Å². The third-order valence-electron chi connectivity index (χ3n) is 5.47. The van der Waals surface area contributed by atoms with Crippen molar-refractivity contribution >= 4 is 11.8 Å². The zero-order valence-corrected chi connectivity index (χ0v) is 16.1. The molecule has 0 N–H and O–H groups in total. The van der Waals surface area contributed by atoms with E-state index in [1.165, 1.54) is 0 Å². The maximum atomic E-state index is 12.5. The van der Waals surface area contributed by atoms with Gasteiger partial charge in [-0.2, -0.15) is 0 Å². The van der Waals surface area contributed by atoms with Gasteiger partial charge in [-0.1, -0.05) is 18.2 Å². The number of ether oxygens (including phenoxy) is 1. The van der Waals surface area contributed by atoms with Gasteiger partial charge in [0, 0.05) is 39.0 Å². The normalized spacial score (nSPS) is 19.2. The number of fused-ring (bicyclic) bond motifs is 1. The van der Waals surface area contributed by atoms with Gasteiger partial charge >= 0.3 is 0 Å². The number of hydrogen-bond acceptors (Lipinski definition) is 5. The SMILES string of the molecule is CC(=O)N1CCCC(c2nnc3n2CCN(C(=O)COc2ccccc2)C3)C1. The summed E-state index contributed by atoms with van der Waals surface area (Å²) in [5.74, 6) is 2.69. The summed E-state index contributed by atoms with van der Waals surface area (Å²) >= 11 is 0. The number of amides is 2. The molecule has 1 fully saturated rings. The van der Waals surface area contributed by atoms with Crippen molar-refractivity contribution < 1.29 is 14.3 Å². The zero-order valence-electron chi connectivity index (χ0n) is 16.1. The van der Waals surface area contributed by atoms with Gasteiger partial charge < -0.3 is 19.1 Å². The van der Waals surface area contributed by atoms with Crippen LogP contribution in [0.5, 0.6) is 5.75 Å². The Kier molecular flexibility index (Phi) is 5.27. The summed E-state index contributed by atoms with van der Waals surface area (Å²) < 4.78 is 7.69. The number of aromatic nitrogens is 3. The van der Waals surface area contributed by atoms with Crippen LogP contribution in [0, 0.1) is 0 Å². The van der Waals surface area contributed by atoms with Crippen molar-refractivity contribution in [2.45, 2.75) is 38.8 Å². The van der Waals surface area contributed by atoms with Gasteiger partial charge in [-0.3, -0.25) is 9.59 Å². The second kappa shape index (κ2) is 8.00. The number of benzene rings is 1. The Balaban J connectivity index is 1.38. The standard InChI is InChI=1S/C20H25N5O3/c1-15(26)23-9-5-6-16(12-23)20-22-21-18-13-24(10-11-25(18)20)19(27)14-28-17-7-3-2-4-8-17/h2-4,7-8,16H,5-6,9-14H2,1H3. The van der Waals surface area contributed by atoms with Crippen LogP contribution in [0.1, 0.15) is 37.3 Å². The molecule has 0 saturated carbocycles. The molecule has 1 aromatic carbocycles. The molecule has 2 aromatic rings. The minimum atomic E-state index is -0.0555. The third-order valence-corrected chi connectivity index (χ3v) is 5.47. The van der Waals surface area contributed by atoms with Crippen LogP contribution in [0.15, 0.2) is 30.3 Å². The van der Waals surface area contributed by atoms with E-state index in [9.17, 15) is 9.59 Å². The maximum Gasteiger partial charge on any atom is 0.260 e. The molecule has 1 atom stereocenters. The first-order valence-corrected chi connectivity index (χ1v) is 9.75. The number of carbonyl (C=O) groups excluding carboxylic acids is 2. The second-order valence-electron chi connectivity index (χ2n) is 7.35. The minimum Gasteiger partial charge on any atom is -0.484 e. The number of nitrogens with zero attached hydrogens (tertiary/aromatic N) is 5. The minimum absolute atomic E-state index is 0.0151. The molecule has 4 rings (SSSR count). The molecule has 28 heavy (non-hydrogen) atoms. The lowest BCUT2D eigenvalue weighted by molar-refractivity contribution is -0.135. The Morgan fingerprint density at radius 2 is 1.93 bits per heavy atom. The first-order chi connectivity index (χ1) is 13.6. The lowest BCUT2D eigenvalue weighted by Gasteiger charge is -2.33. The van der Waals surface area contributed by atoms with Gasteiger partial charge in [0.25, 0.3) is 5.91 Å². The Morgan fingerprint density at radius 1 is 1.11 bits per heavy atom. The van der Waals surface area contributed by atoms with Crippen molar-refractivity contribution in [2.24, 2.45) is 0 Å². The zero-order chi connectivity index (χ0) is 19.5. The lowest BCUT2D eigenvalue weighted by Crippen LogP contribution is -2.42. The number of carbonyl (C=O) groups is 2. The molecule has 0 radical (unpaired) electrons. The number of para-hydroxylation sites is 1. The van der Waals surface area contributed by atoms with E-state index in [0.29, 0.717) is 31.9 Å². The molecule has 1 saturated heterocycles. The predicted molar refractivity (Wildman–Crippen MR) is 102 cm³/mol. The summed E-state index contributed by atoms with van der Waals surface area (Å²) in [6.45, 7) is 4.86. The summed E-state index contributed by atoms with van der Waals surface area (Å²) in [6, 6.07) is 9.33. The number of likely N-dealkylation sites (tertiary alicyclic amines) is 1. The van der Waals surface area contributed by atoms with E-state index in [1.807, 2.05) is 35.2 Å². The Morgan fingerprint density at radius 3 is 2.71 bits per heavy atom. The van der Waals surface area contributed by atoms with Gasteiger partial charge in [-0.05, 0) is 25.0 Å². The quantitative estimate of drug-likeness (QED) is 0.798. The van der Waals surface area contributed by atoms with Crippen molar-refractivity contribution in [3.05, 3.63) is 42.0 Å². The highest BCUT2D eigenvalue weighted by Crippen LogP contribution is 2.27. The molecule has 3 heterocycles. The molecule has 0 spiro atoms. The fourth-order valence-corrected chi connectivity index (χ4v) is 3.92. The van der Waals surface area contributed by atoms with Crippen molar-refractivity contribution in [2.75, 3.05) is 26.2 Å². The average Bonchev–Trinajstić information content (AvgIpc) is 3.16. The summed E-state index contributed by atoms with van der Waals surface area (Å²) in [7, 11) is 0. The number of rotatable bonds is 4. The topological polar surface area (TPSA) is 80.6 Å². The van der Waals surface area contributed by atoms with E-state index in [0.717, 1.165) is 31.0 Å². The first kappa shape index (κ1) is 18.5. The van der Waals surface area contributed by atoms with E-state index < -0.39 is 0 Å². The fourth-order valence-electron chi connectivity index (χ4n) is 3.92. The van der Waals surface area contributed by atoms with Crippen LogP contribution in [0.4, 0.5) is 0 Å². The van der Waals surface area contributed by atoms with Gasteiger partial charge in [0.05, 0.1) is 6.54 Å². The van der Waals surface area contributed by atoms with Crippen LogP contribution in [0.25, 0.3) is 0 Å². The molecule has 148 valence electrons. The summed E-state index contributed by atoms with van der Waals surface area (Å²) in [5, 5.41) is 8.74. The molecule has 2 amide bonds. The molecule has 8 heteroatoms. The molecule has 0 aliphatic carbocycles. The number of hydrogen-bond donors (Lipinski definition) is 0. The van der Waals surface area contributed by atoms with E-state index >= 15 is 0 Å². The van der Waals surface area contributed by atoms with Gasteiger partial charge in [-0.15, -0.1) is 10.2 Å². The van der Waals surface area contributed by atoms with E-state index in [-0.39, 0.29) is 24.3 Å². The van der Waals surface area contributed by atoms with Crippen molar-refractivity contribution in [3.63, 3.8) is 0 Å². The Bertz CT molecular complexity index is 851. The Labute approximate surface area is 164 Å². The average molecular weight is 383 g/mol. The molecule has 2 aliphatic rings. The van der Waals surface area contributed by atoms with Crippen molar-refractivity contribution in [1.29, 1.82) is 0 Å². The van der Waals surface area contributed by atoms with E-state index in [1.54, 1.807) is 11.8 Å². The van der Waals surface area contributed by atoms with Gasteiger partial charge in [0.1, 0.15) is 11.6 Å². The highest BCUT2D eigenvalue weighted by Gasteiger charge is 2.31. The van der Waals surface area contributed by atoms with Crippen LogP contribution in [0.3, 0.4) is 0 Å². The van der Waals surface area contributed by atoms with Crippen LogP contribution in [-0.4, -0.2) is 62.6 Å². The van der Waals surface area contributed by atoms with Crippen LogP contribution in [-0.2, 0) is 22.7 Å². The smallest absolute Gasteiger partial charge is 0.260 e. The highest BCUT2D eigenvalue weighted by atomic mass is 16.5. The van der Waals surface area contributed by atoms with Crippen LogP contribution < -0.4 is 4.74 Å². The third kappa shape index (κ3) is 3.85. The molecule has 1 aromatic heterocycles. The highest BCUT2D eigenvalue weighted by molar-refractivity contribution is 5.77. The molecular weight excluding hydrogens is 358 g/mol. The molecule has 8 nitrogen and oxygen atoms in total. The lowest BCUT2D eigenvalue weighted by atomic mass is 9.97. The molecular formula is C20H25N5O3. The van der Waals surface area contributed by atoms with Crippen LogP contribution in [0.2, 0.25) is 0 Å². The van der Waals surface area contributed by atoms with Gasteiger partial charge in [0.15, 0.2) is 12.4 Å². The molecule has 2 aliphatic heterocycles. The predicted octanol–water partition coefficient (Wildman–Crippen LogP) is 1.43. The summed E-state index contributed by atoms with van der Waals surface area (Å²) in [6.07, 6.45) is 1.99. The maximum absolute atomic E-state index is 12.5. The van der Waals surface area contributed by atoms with E-state index in [2.05, 4.69) is 14.8 Å². The van der Waals surface area contributed by atoms with Crippen molar-refractivity contribution in [3.8, 4) is 5.75 Å². The molecule has 1 unspecified atom stereocenters. The van der Waals surface area contributed by atoms with Crippen LogP contribution >= 0.6 is 0 Å². The Hall–Kier alpha value is -2.90. The first-order valence-electron chi connectivity index (χ1n) is 9.75. The number of piperidine rings is 1. The second-order valence-corrected chi connectivity index (χ2v) is 7.35. The van der Waals surface area contributed by atoms with Gasteiger partial charge in [0.2, 0.25) is 5.91 Å². The largest absolute Gasteiger partial charge is 0.484 e. The van der Waals surface area contributed by atoms with E-state index in [4.69, 9.17) is 4.74 Å². The molecule has 0 bridgehead atoms. The summed E-state index contributed by atoms with van der Waals surface area (Å²) in [5.41, 5.74) is 0. The van der Waals surface area contributed by atoms with Gasteiger partial charge in [-0.25, -0.2) is 0 Å². The summed E-state index contributed by atoms with van der Waals surface area (Å²) in [4.78, 5) is 27.9.